The largest absolute Gasteiger partial charge is 0.272 e. The molecule has 0 aliphatic heterocycles. The summed E-state index contributed by atoms with van der Waals surface area (Å²) in [6.45, 7) is 5.37. The molecule has 0 saturated heterocycles. The number of rotatable bonds is 2. The fourth-order valence-electron chi connectivity index (χ4n) is 0.959. The second kappa shape index (κ2) is 4.07. The van der Waals surface area contributed by atoms with Crippen LogP contribution < -0.4 is 0 Å². The van der Waals surface area contributed by atoms with E-state index in [-0.39, 0.29) is 0 Å². The smallest absolute Gasteiger partial charge is 0.0409 e. The molecule has 0 amide bonds. The summed E-state index contributed by atoms with van der Waals surface area (Å²) in [7, 11) is 0. The summed E-state index contributed by atoms with van der Waals surface area (Å²) in [6.07, 6.45) is 3.56. The van der Waals surface area contributed by atoms with Crippen LogP contribution in [0.25, 0.3) is 6.08 Å². The summed E-state index contributed by atoms with van der Waals surface area (Å²) in [5, 5.41) is 0.760. The van der Waals surface area contributed by atoms with Gasteiger partial charge >= 0.3 is 0 Å². The van der Waals surface area contributed by atoms with Crippen LogP contribution in [0, 0.1) is 6.92 Å². The van der Waals surface area contributed by atoms with Crippen molar-refractivity contribution in [3.63, 3.8) is 0 Å². The summed E-state index contributed by atoms with van der Waals surface area (Å²) in [6, 6.07) is 5.74. The molecule has 1 aromatic carbocycles. The highest BCUT2D eigenvalue weighted by Gasteiger charge is 1.93. The minimum absolute atomic E-state index is 0.760. The maximum atomic E-state index is 5.79. The molecule has 0 bridgehead atoms. The first-order valence-electron chi connectivity index (χ1n) is 3.62. The molecule has 1 rings (SSSR count). The van der Waals surface area contributed by atoms with Gasteiger partial charge in [0, 0.05) is 11.2 Å². The van der Waals surface area contributed by atoms with Gasteiger partial charge in [0.1, 0.15) is 0 Å². The summed E-state index contributed by atoms with van der Waals surface area (Å²) in [5.41, 5.74) is 2.26. The van der Waals surface area contributed by atoms with Crippen molar-refractivity contribution in [3.8, 4) is 0 Å². The zero-order chi connectivity index (χ0) is 8.97. The molecule has 12 heavy (non-hydrogen) atoms. The highest BCUT2D eigenvalue weighted by atomic mass is 35.5. The van der Waals surface area contributed by atoms with Crippen molar-refractivity contribution in [1.29, 1.82) is 0 Å². The zero-order valence-electron chi connectivity index (χ0n) is 6.92. The Hall–Kier alpha value is -1.08. The van der Waals surface area contributed by atoms with E-state index in [1.54, 1.807) is 6.20 Å². The maximum Gasteiger partial charge on any atom is 0.0409 e. The van der Waals surface area contributed by atoms with Crippen LogP contribution >= 0.6 is 11.6 Å². The minimum atomic E-state index is 0.760. The third-order valence-corrected chi connectivity index (χ3v) is 1.83. The van der Waals surface area contributed by atoms with Gasteiger partial charge in [-0.15, -0.1) is 0 Å². The molecule has 62 valence electrons. The van der Waals surface area contributed by atoms with Crippen molar-refractivity contribution in [2.45, 2.75) is 6.92 Å². The number of nitrogens with zero attached hydrogens (tertiary/aromatic N) is 1. The van der Waals surface area contributed by atoms with Gasteiger partial charge in [0.25, 0.3) is 0 Å². The van der Waals surface area contributed by atoms with Crippen LogP contribution in [-0.4, -0.2) is 6.72 Å². The van der Waals surface area contributed by atoms with Gasteiger partial charge in [0.05, 0.1) is 0 Å². The Morgan fingerprint density at radius 2 is 2.25 bits per heavy atom. The Morgan fingerprint density at radius 1 is 1.50 bits per heavy atom. The predicted octanol–water partition coefficient (Wildman–Crippen LogP) is 3.32. The third-order valence-electron chi connectivity index (χ3n) is 1.59. The fourth-order valence-corrected chi connectivity index (χ4v) is 1.19. The molecule has 2 heteroatoms. The molecule has 0 aliphatic rings. The fraction of sp³-hybridized carbons (Fsp3) is 0.100. The first-order chi connectivity index (χ1) is 5.74. The van der Waals surface area contributed by atoms with E-state index in [0.29, 0.717) is 0 Å². The van der Waals surface area contributed by atoms with Gasteiger partial charge in [0.15, 0.2) is 0 Å². The van der Waals surface area contributed by atoms with Crippen LogP contribution in [0.15, 0.2) is 29.4 Å². The molecule has 0 unspecified atom stereocenters. The summed E-state index contributed by atoms with van der Waals surface area (Å²) < 4.78 is 0. The minimum Gasteiger partial charge on any atom is -0.272 e. The number of halogens is 1. The standard InChI is InChI=1S/C10H10ClN/c1-8-7-10(11)4-3-9(8)5-6-12-2/h3-7H,2H2,1H3/b6-5+. The first-order valence-corrected chi connectivity index (χ1v) is 4.00. The molecule has 0 spiro atoms. The van der Waals surface area contributed by atoms with Crippen LogP contribution in [0.2, 0.25) is 5.02 Å². The van der Waals surface area contributed by atoms with Crippen molar-refractivity contribution in [3.05, 3.63) is 40.5 Å². The van der Waals surface area contributed by atoms with Crippen LogP contribution in [0.3, 0.4) is 0 Å². The van der Waals surface area contributed by atoms with Crippen molar-refractivity contribution in [2.75, 3.05) is 0 Å². The second-order valence-corrected chi connectivity index (χ2v) is 2.94. The molecule has 1 aromatic rings. The second-order valence-electron chi connectivity index (χ2n) is 2.50. The van der Waals surface area contributed by atoms with Crippen molar-refractivity contribution < 1.29 is 0 Å². The molecule has 0 saturated carbocycles. The SMILES string of the molecule is C=N/C=C/c1ccc(Cl)cc1C. The Labute approximate surface area is 77.4 Å². The number of aryl methyl sites for hydroxylation is 1. The molecule has 0 aromatic heterocycles. The van der Waals surface area contributed by atoms with Crippen LogP contribution in [-0.2, 0) is 0 Å². The number of hydrogen-bond donors (Lipinski definition) is 0. The lowest BCUT2D eigenvalue weighted by atomic mass is 10.1. The van der Waals surface area contributed by atoms with E-state index in [1.165, 1.54) is 0 Å². The maximum absolute atomic E-state index is 5.79. The van der Waals surface area contributed by atoms with E-state index in [0.717, 1.165) is 16.1 Å². The van der Waals surface area contributed by atoms with Crippen molar-refractivity contribution >= 4 is 24.4 Å². The van der Waals surface area contributed by atoms with E-state index >= 15 is 0 Å². The predicted molar refractivity (Wildman–Crippen MR) is 54.8 cm³/mol. The zero-order valence-corrected chi connectivity index (χ0v) is 7.67. The summed E-state index contributed by atoms with van der Waals surface area (Å²) in [5.74, 6) is 0. The first kappa shape index (κ1) is 9.01. The Bertz CT molecular complexity index is 316. The molecule has 0 atom stereocenters. The van der Waals surface area contributed by atoms with E-state index in [9.17, 15) is 0 Å². The van der Waals surface area contributed by atoms with Gasteiger partial charge in [-0.25, -0.2) is 0 Å². The van der Waals surface area contributed by atoms with Crippen molar-refractivity contribution in [1.82, 2.24) is 0 Å². The van der Waals surface area contributed by atoms with E-state index in [1.807, 2.05) is 31.2 Å². The highest BCUT2D eigenvalue weighted by Crippen LogP contribution is 2.16. The number of hydrogen-bond acceptors (Lipinski definition) is 1. The molecule has 0 N–H and O–H groups in total. The quantitative estimate of drug-likeness (QED) is 0.618. The van der Waals surface area contributed by atoms with Crippen molar-refractivity contribution in [2.24, 2.45) is 4.99 Å². The molecular weight excluding hydrogens is 170 g/mol. The third kappa shape index (κ3) is 2.21. The average molecular weight is 180 g/mol. The Kier molecular flexibility index (Phi) is 3.06. The molecule has 0 heterocycles. The van der Waals surface area contributed by atoms with Crippen LogP contribution in [0.5, 0.6) is 0 Å². The Morgan fingerprint density at radius 3 is 2.83 bits per heavy atom. The molecular formula is C10H10ClN. The van der Waals surface area contributed by atoms with Gasteiger partial charge in [-0.2, -0.15) is 0 Å². The molecule has 1 nitrogen and oxygen atoms in total. The number of benzene rings is 1. The van der Waals surface area contributed by atoms with Gasteiger partial charge < -0.3 is 0 Å². The Balaban J connectivity index is 3.01. The molecule has 0 aliphatic carbocycles. The molecule has 0 fully saturated rings. The number of aliphatic imine (C=N–C) groups is 1. The lowest BCUT2D eigenvalue weighted by Crippen LogP contribution is -1.78. The normalized spacial score (nSPS) is 10.5. The van der Waals surface area contributed by atoms with Gasteiger partial charge in [0.2, 0.25) is 0 Å². The van der Waals surface area contributed by atoms with E-state index in [2.05, 4.69) is 11.7 Å². The summed E-state index contributed by atoms with van der Waals surface area (Å²) >= 11 is 5.79. The lowest BCUT2D eigenvalue weighted by Gasteiger charge is -1.98. The van der Waals surface area contributed by atoms with Crippen LogP contribution in [0.1, 0.15) is 11.1 Å². The molecule has 0 radical (unpaired) electrons. The average Bonchev–Trinajstić information content (AvgIpc) is 2.03. The lowest BCUT2D eigenvalue weighted by molar-refractivity contribution is 1.44. The van der Waals surface area contributed by atoms with Gasteiger partial charge in [-0.05, 0) is 43.0 Å². The van der Waals surface area contributed by atoms with Crippen LogP contribution in [0.4, 0.5) is 0 Å². The highest BCUT2D eigenvalue weighted by molar-refractivity contribution is 6.30. The van der Waals surface area contributed by atoms with Gasteiger partial charge in [-0.3, -0.25) is 4.99 Å². The van der Waals surface area contributed by atoms with E-state index in [4.69, 9.17) is 11.6 Å². The monoisotopic (exact) mass is 179 g/mol. The van der Waals surface area contributed by atoms with Gasteiger partial charge in [-0.1, -0.05) is 17.7 Å². The van der Waals surface area contributed by atoms with E-state index < -0.39 is 0 Å². The summed E-state index contributed by atoms with van der Waals surface area (Å²) in [4.78, 5) is 3.63. The topological polar surface area (TPSA) is 12.4 Å².